The summed E-state index contributed by atoms with van der Waals surface area (Å²) in [5, 5.41) is 0. The zero-order valence-electron chi connectivity index (χ0n) is 4.24. The molecule has 50 valence electrons. The van der Waals surface area contributed by atoms with E-state index in [1.807, 2.05) is 0 Å². The molecular formula is C4H6Cl2F2. The van der Waals surface area contributed by atoms with E-state index in [4.69, 9.17) is 23.2 Å². The van der Waals surface area contributed by atoms with Crippen LogP contribution in [0.5, 0.6) is 0 Å². The van der Waals surface area contributed by atoms with E-state index in [0.717, 1.165) is 0 Å². The SMILES string of the molecule is CC(C(F)F)C(Cl)Cl. The largest absolute Gasteiger partial charge is 0.243 e. The third-order valence-corrected chi connectivity index (χ3v) is 1.59. The fourth-order valence-corrected chi connectivity index (χ4v) is 0.330. The smallest absolute Gasteiger partial charge is 0.210 e. The summed E-state index contributed by atoms with van der Waals surface area (Å²) in [6, 6.07) is 0. The Kier molecular flexibility index (Phi) is 3.65. The molecule has 0 aromatic carbocycles. The highest BCUT2D eigenvalue weighted by Gasteiger charge is 2.20. The van der Waals surface area contributed by atoms with Gasteiger partial charge in [0.2, 0.25) is 6.43 Å². The minimum atomic E-state index is -2.42. The van der Waals surface area contributed by atoms with Crippen LogP contribution in [0.1, 0.15) is 6.92 Å². The summed E-state index contributed by atoms with van der Waals surface area (Å²) in [6.45, 7) is 1.30. The topological polar surface area (TPSA) is 0 Å². The molecular weight excluding hydrogens is 157 g/mol. The third-order valence-electron chi connectivity index (χ3n) is 0.795. The molecule has 0 nitrogen and oxygen atoms in total. The van der Waals surface area contributed by atoms with Crippen molar-refractivity contribution in [1.82, 2.24) is 0 Å². The molecule has 0 rings (SSSR count). The molecule has 4 heteroatoms. The van der Waals surface area contributed by atoms with Crippen LogP contribution in [-0.4, -0.2) is 11.3 Å². The molecule has 0 radical (unpaired) electrons. The average Bonchev–Trinajstić information content (AvgIpc) is 1.64. The fraction of sp³-hybridized carbons (Fsp3) is 1.00. The van der Waals surface area contributed by atoms with E-state index < -0.39 is 17.2 Å². The number of rotatable bonds is 2. The quantitative estimate of drug-likeness (QED) is 0.549. The summed E-state index contributed by atoms with van der Waals surface area (Å²) in [5.41, 5.74) is 0. The van der Waals surface area contributed by atoms with Gasteiger partial charge in [-0.05, 0) is 0 Å². The van der Waals surface area contributed by atoms with Crippen LogP contribution >= 0.6 is 23.2 Å². The minimum absolute atomic E-state index is 0.932. The Bertz CT molecular complexity index is 57.1. The summed E-state index contributed by atoms with van der Waals surface area (Å²) in [7, 11) is 0. The van der Waals surface area contributed by atoms with Gasteiger partial charge in [0.15, 0.2) is 0 Å². The predicted molar refractivity (Wildman–Crippen MR) is 30.7 cm³/mol. The first kappa shape index (κ1) is 8.44. The molecule has 1 atom stereocenters. The van der Waals surface area contributed by atoms with Crippen molar-refractivity contribution in [2.24, 2.45) is 5.92 Å². The third kappa shape index (κ3) is 2.68. The second kappa shape index (κ2) is 3.46. The van der Waals surface area contributed by atoms with Gasteiger partial charge < -0.3 is 0 Å². The first-order chi connectivity index (χ1) is 3.55. The second-order valence-electron chi connectivity index (χ2n) is 1.53. The Morgan fingerprint density at radius 2 is 1.62 bits per heavy atom. The maximum atomic E-state index is 11.5. The number of halogens is 4. The summed E-state index contributed by atoms with van der Waals surface area (Å²) in [5.74, 6) is -0.932. The Labute approximate surface area is 56.8 Å². The number of hydrogen-bond donors (Lipinski definition) is 0. The zero-order chi connectivity index (χ0) is 6.73. The van der Waals surface area contributed by atoms with E-state index in [-0.39, 0.29) is 0 Å². The molecule has 1 unspecified atom stereocenters. The highest BCUT2D eigenvalue weighted by Crippen LogP contribution is 2.20. The summed E-state index contributed by atoms with van der Waals surface area (Å²) in [6.07, 6.45) is -2.42. The molecule has 0 aliphatic heterocycles. The molecule has 8 heavy (non-hydrogen) atoms. The maximum Gasteiger partial charge on any atom is 0.243 e. The van der Waals surface area contributed by atoms with Gasteiger partial charge in [-0.2, -0.15) is 0 Å². The highest BCUT2D eigenvalue weighted by molar-refractivity contribution is 6.44. The molecule has 0 spiro atoms. The minimum Gasteiger partial charge on any atom is -0.210 e. The molecule has 0 amide bonds. The van der Waals surface area contributed by atoms with E-state index in [2.05, 4.69) is 0 Å². The summed E-state index contributed by atoms with van der Waals surface area (Å²) < 4.78 is 23.0. The normalized spacial score (nSPS) is 15.4. The van der Waals surface area contributed by atoms with Crippen LogP contribution in [0, 0.1) is 5.92 Å². The van der Waals surface area contributed by atoms with Gasteiger partial charge in [-0.1, -0.05) is 6.92 Å². The lowest BCUT2D eigenvalue weighted by atomic mass is 10.2. The zero-order valence-corrected chi connectivity index (χ0v) is 5.76. The van der Waals surface area contributed by atoms with Crippen molar-refractivity contribution in [2.75, 3.05) is 0 Å². The van der Waals surface area contributed by atoms with Gasteiger partial charge in [0.25, 0.3) is 0 Å². The highest BCUT2D eigenvalue weighted by atomic mass is 35.5. The van der Waals surface area contributed by atoms with Crippen molar-refractivity contribution in [2.45, 2.75) is 18.2 Å². The Balaban J connectivity index is 3.46. The first-order valence-electron chi connectivity index (χ1n) is 2.12. The lowest BCUT2D eigenvalue weighted by Crippen LogP contribution is -2.13. The lowest BCUT2D eigenvalue weighted by molar-refractivity contribution is 0.0929. The van der Waals surface area contributed by atoms with Crippen LogP contribution in [0.4, 0.5) is 8.78 Å². The standard InChI is InChI=1S/C4H6Cl2F2/c1-2(3(5)6)4(7)8/h2-4H,1H3. The molecule has 0 saturated carbocycles. The molecule has 0 aliphatic carbocycles. The molecule has 0 bridgehead atoms. The van der Waals surface area contributed by atoms with Crippen molar-refractivity contribution in [3.05, 3.63) is 0 Å². The molecule has 0 aromatic rings. The van der Waals surface area contributed by atoms with Gasteiger partial charge in [0.05, 0.1) is 0 Å². The van der Waals surface area contributed by atoms with Gasteiger partial charge in [0.1, 0.15) is 4.84 Å². The van der Waals surface area contributed by atoms with E-state index in [1.54, 1.807) is 0 Å². The van der Waals surface area contributed by atoms with E-state index in [9.17, 15) is 8.78 Å². The molecule has 0 aromatic heterocycles. The van der Waals surface area contributed by atoms with Crippen molar-refractivity contribution < 1.29 is 8.78 Å². The first-order valence-corrected chi connectivity index (χ1v) is 2.99. The van der Waals surface area contributed by atoms with Crippen molar-refractivity contribution in [3.63, 3.8) is 0 Å². The van der Waals surface area contributed by atoms with Crippen LogP contribution in [-0.2, 0) is 0 Å². The van der Waals surface area contributed by atoms with E-state index >= 15 is 0 Å². The van der Waals surface area contributed by atoms with Gasteiger partial charge in [-0.3, -0.25) is 0 Å². The van der Waals surface area contributed by atoms with Crippen molar-refractivity contribution in [1.29, 1.82) is 0 Å². The molecule has 0 aliphatic rings. The van der Waals surface area contributed by atoms with Crippen molar-refractivity contribution >= 4 is 23.2 Å². The summed E-state index contributed by atoms with van der Waals surface area (Å²) >= 11 is 10.2. The molecule has 0 N–H and O–H groups in total. The maximum absolute atomic E-state index is 11.5. The van der Waals surface area contributed by atoms with E-state index in [1.165, 1.54) is 6.92 Å². The van der Waals surface area contributed by atoms with Gasteiger partial charge in [0, 0.05) is 5.92 Å². The fourth-order valence-electron chi connectivity index (χ4n) is 0.110. The van der Waals surface area contributed by atoms with Crippen LogP contribution in [0.2, 0.25) is 0 Å². The Hall–Kier alpha value is 0.440. The van der Waals surface area contributed by atoms with Crippen LogP contribution < -0.4 is 0 Å². The van der Waals surface area contributed by atoms with E-state index in [0.29, 0.717) is 0 Å². The summed E-state index contributed by atoms with van der Waals surface area (Å²) in [4.78, 5) is -0.963. The monoisotopic (exact) mass is 162 g/mol. The van der Waals surface area contributed by atoms with Gasteiger partial charge in [-0.25, -0.2) is 8.78 Å². The molecule has 0 heterocycles. The lowest BCUT2D eigenvalue weighted by Gasteiger charge is -2.08. The van der Waals surface area contributed by atoms with Crippen molar-refractivity contribution in [3.8, 4) is 0 Å². The van der Waals surface area contributed by atoms with Crippen LogP contribution in [0.3, 0.4) is 0 Å². The Morgan fingerprint density at radius 3 is 1.62 bits per heavy atom. The van der Waals surface area contributed by atoms with Gasteiger partial charge >= 0.3 is 0 Å². The predicted octanol–water partition coefficient (Wildman–Crippen LogP) is 2.69. The molecule has 0 fully saturated rings. The van der Waals surface area contributed by atoms with Crippen LogP contribution in [0.25, 0.3) is 0 Å². The van der Waals surface area contributed by atoms with Gasteiger partial charge in [-0.15, -0.1) is 23.2 Å². The second-order valence-corrected chi connectivity index (χ2v) is 2.69. The average molecular weight is 163 g/mol. The molecule has 0 saturated heterocycles. The number of alkyl halides is 4. The van der Waals surface area contributed by atoms with Crippen LogP contribution in [0.15, 0.2) is 0 Å². The Morgan fingerprint density at radius 1 is 1.25 bits per heavy atom. The number of hydrogen-bond acceptors (Lipinski definition) is 0.